The highest BCUT2D eigenvalue weighted by Gasteiger charge is 2.35. The zero-order valence-electron chi connectivity index (χ0n) is 19.1. The number of ether oxygens (including phenoxy) is 2. The second-order valence-electron chi connectivity index (χ2n) is 8.61. The standard InChI is InChI=1S/C24H31N3O6S/c1-32-18-5-7-19(8-6-18)34(30,31)24(16-9-11-25-12-10-16)26-14-17(28)15-33-22-4-2-3-21-20(22)13-23(29)27-21/h2-8,16-17,24-26,28H,9-15H2,1H3,(H,27,29)/t17-,24?/m0/s1. The smallest absolute Gasteiger partial charge is 0.229 e. The van der Waals surface area contributed by atoms with E-state index in [1.165, 1.54) is 7.11 Å². The third-order valence-corrected chi connectivity index (χ3v) is 8.41. The van der Waals surface area contributed by atoms with Crippen LogP contribution in [0.4, 0.5) is 5.69 Å². The van der Waals surface area contributed by atoms with Crippen molar-refractivity contribution >= 4 is 21.4 Å². The van der Waals surface area contributed by atoms with Crippen LogP contribution in [0.25, 0.3) is 0 Å². The lowest BCUT2D eigenvalue weighted by atomic mass is 9.98. The van der Waals surface area contributed by atoms with Gasteiger partial charge >= 0.3 is 0 Å². The summed E-state index contributed by atoms with van der Waals surface area (Å²) in [5.74, 6) is 0.940. The van der Waals surface area contributed by atoms with Crippen LogP contribution in [0.1, 0.15) is 18.4 Å². The van der Waals surface area contributed by atoms with Crippen LogP contribution in [-0.2, 0) is 21.1 Å². The van der Waals surface area contributed by atoms with E-state index in [0.29, 0.717) is 17.2 Å². The molecule has 2 aliphatic rings. The highest BCUT2D eigenvalue weighted by atomic mass is 32.2. The van der Waals surface area contributed by atoms with Crippen molar-refractivity contribution in [2.45, 2.75) is 35.6 Å². The van der Waals surface area contributed by atoms with Gasteiger partial charge in [0.2, 0.25) is 5.91 Å². The topological polar surface area (TPSA) is 126 Å². The fourth-order valence-electron chi connectivity index (χ4n) is 4.44. The average Bonchev–Trinajstić information content (AvgIpc) is 3.24. The van der Waals surface area contributed by atoms with Gasteiger partial charge < -0.3 is 25.2 Å². The van der Waals surface area contributed by atoms with Crippen LogP contribution < -0.4 is 25.4 Å². The lowest BCUT2D eigenvalue weighted by Crippen LogP contribution is -2.49. The van der Waals surface area contributed by atoms with Crippen molar-refractivity contribution in [3.05, 3.63) is 48.0 Å². The average molecular weight is 490 g/mol. The molecule has 2 heterocycles. The van der Waals surface area contributed by atoms with Crippen LogP contribution in [0.3, 0.4) is 0 Å². The number of carbonyl (C=O) groups excluding carboxylic acids is 1. The summed E-state index contributed by atoms with van der Waals surface area (Å²) in [6.45, 7) is 1.52. The minimum Gasteiger partial charge on any atom is -0.497 e. The molecule has 0 saturated carbocycles. The molecule has 4 rings (SSSR count). The van der Waals surface area contributed by atoms with Crippen LogP contribution in [0.5, 0.6) is 11.5 Å². The first-order valence-electron chi connectivity index (χ1n) is 11.4. The van der Waals surface area contributed by atoms with Gasteiger partial charge in [0.1, 0.15) is 29.6 Å². The molecule has 0 radical (unpaired) electrons. The lowest BCUT2D eigenvalue weighted by Gasteiger charge is -2.32. The molecule has 4 N–H and O–H groups in total. The van der Waals surface area contributed by atoms with E-state index in [1.54, 1.807) is 42.5 Å². The molecule has 0 aliphatic carbocycles. The Morgan fingerprint density at radius 1 is 1.15 bits per heavy atom. The van der Waals surface area contributed by atoms with Crippen molar-refractivity contribution in [1.29, 1.82) is 0 Å². The highest BCUT2D eigenvalue weighted by Crippen LogP contribution is 2.31. The highest BCUT2D eigenvalue weighted by molar-refractivity contribution is 7.92. The fourth-order valence-corrected chi connectivity index (χ4v) is 6.34. The number of benzene rings is 2. The summed E-state index contributed by atoms with van der Waals surface area (Å²) in [7, 11) is -2.16. The molecule has 2 aromatic carbocycles. The molecule has 0 aromatic heterocycles. The second-order valence-corrected chi connectivity index (χ2v) is 10.7. The Bertz CT molecular complexity index is 1100. The summed E-state index contributed by atoms with van der Waals surface area (Å²) in [6, 6.07) is 11.7. The third-order valence-electron chi connectivity index (χ3n) is 6.26. The molecule has 1 fully saturated rings. The van der Waals surface area contributed by atoms with E-state index in [1.807, 2.05) is 0 Å². The molecule has 1 unspecified atom stereocenters. The van der Waals surface area contributed by atoms with Gasteiger partial charge in [0, 0.05) is 17.8 Å². The summed E-state index contributed by atoms with van der Waals surface area (Å²) >= 11 is 0. The maximum absolute atomic E-state index is 13.5. The summed E-state index contributed by atoms with van der Waals surface area (Å²) in [5.41, 5.74) is 1.48. The molecule has 2 atom stereocenters. The first kappa shape index (κ1) is 24.5. The number of carbonyl (C=O) groups is 1. The van der Waals surface area contributed by atoms with Crippen molar-refractivity contribution in [1.82, 2.24) is 10.6 Å². The van der Waals surface area contributed by atoms with E-state index >= 15 is 0 Å². The Balaban J connectivity index is 1.42. The van der Waals surface area contributed by atoms with Crippen LogP contribution in [-0.4, -0.2) is 64.3 Å². The number of fused-ring (bicyclic) bond motifs is 1. The normalized spacial score (nSPS) is 18.1. The number of hydrogen-bond donors (Lipinski definition) is 4. The molecule has 0 bridgehead atoms. The summed E-state index contributed by atoms with van der Waals surface area (Å²) < 4.78 is 37.9. The van der Waals surface area contributed by atoms with Crippen molar-refractivity contribution in [3.63, 3.8) is 0 Å². The van der Waals surface area contributed by atoms with Crippen molar-refractivity contribution in [2.24, 2.45) is 5.92 Å². The van der Waals surface area contributed by atoms with E-state index in [9.17, 15) is 18.3 Å². The number of methoxy groups -OCH3 is 1. The van der Waals surface area contributed by atoms with E-state index in [2.05, 4.69) is 16.0 Å². The van der Waals surface area contributed by atoms with Crippen LogP contribution in [0, 0.1) is 5.92 Å². The van der Waals surface area contributed by atoms with Gasteiger partial charge in [0.25, 0.3) is 0 Å². The van der Waals surface area contributed by atoms with Crippen molar-refractivity contribution in [2.75, 3.05) is 38.7 Å². The SMILES string of the molecule is COc1ccc(S(=O)(=O)C(NC[C@H](O)COc2cccc3c2CC(=O)N3)C2CCNCC2)cc1. The molecule has 1 saturated heterocycles. The minimum atomic E-state index is -3.69. The van der Waals surface area contributed by atoms with E-state index in [4.69, 9.17) is 9.47 Å². The largest absolute Gasteiger partial charge is 0.497 e. The number of amides is 1. The van der Waals surface area contributed by atoms with Crippen LogP contribution in [0.15, 0.2) is 47.4 Å². The molecule has 2 aliphatic heterocycles. The summed E-state index contributed by atoms with van der Waals surface area (Å²) in [4.78, 5) is 11.9. The number of sulfone groups is 1. The molecule has 184 valence electrons. The van der Waals surface area contributed by atoms with Gasteiger partial charge in [-0.15, -0.1) is 0 Å². The number of rotatable bonds is 10. The van der Waals surface area contributed by atoms with Crippen molar-refractivity contribution in [3.8, 4) is 11.5 Å². The number of aliphatic hydroxyl groups excluding tert-OH is 1. The number of nitrogens with one attached hydrogen (secondary N) is 3. The van der Waals surface area contributed by atoms with Gasteiger partial charge in [-0.05, 0) is 68.2 Å². The Morgan fingerprint density at radius 2 is 1.88 bits per heavy atom. The minimum absolute atomic E-state index is 0.0286. The predicted octanol–water partition coefficient (Wildman–Crippen LogP) is 1.32. The van der Waals surface area contributed by atoms with E-state index in [0.717, 1.165) is 31.5 Å². The Morgan fingerprint density at radius 3 is 2.59 bits per heavy atom. The first-order chi connectivity index (χ1) is 16.4. The number of hydrogen-bond acceptors (Lipinski definition) is 8. The van der Waals surface area contributed by atoms with Gasteiger partial charge in [-0.1, -0.05) is 6.07 Å². The maximum atomic E-state index is 13.5. The third kappa shape index (κ3) is 5.52. The Kier molecular flexibility index (Phi) is 7.72. The molecular formula is C24H31N3O6S. The van der Waals surface area contributed by atoms with Crippen LogP contribution >= 0.6 is 0 Å². The summed E-state index contributed by atoms with van der Waals surface area (Å²) in [6.07, 6.45) is 0.738. The van der Waals surface area contributed by atoms with E-state index in [-0.39, 0.29) is 36.3 Å². The first-order valence-corrected chi connectivity index (χ1v) is 13.0. The Hall–Kier alpha value is -2.66. The molecule has 34 heavy (non-hydrogen) atoms. The number of anilines is 1. The van der Waals surface area contributed by atoms with Crippen LogP contribution in [0.2, 0.25) is 0 Å². The molecular weight excluding hydrogens is 458 g/mol. The number of aliphatic hydroxyl groups is 1. The predicted molar refractivity (Wildman–Crippen MR) is 128 cm³/mol. The molecule has 2 aromatic rings. The maximum Gasteiger partial charge on any atom is 0.229 e. The van der Waals surface area contributed by atoms with Gasteiger partial charge in [0.05, 0.1) is 18.4 Å². The molecule has 10 heteroatoms. The van der Waals surface area contributed by atoms with Gasteiger partial charge in [0.15, 0.2) is 9.84 Å². The summed E-state index contributed by atoms with van der Waals surface area (Å²) in [5, 5.41) is 18.9. The zero-order valence-corrected chi connectivity index (χ0v) is 19.9. The molecule has 0 spiro atoms. The van der Waals surface area contributed by atoms with Gasteiger partial charge in [-0.2, -0.15) is 0 Å². The van der Waals surface area contributed by atoms with Gasteiger partial charge in [-0.25, -0.2) is 8.42 Å². The molecule has 9 nitrogen and oxygen atoms in total. The zero-order chi connectivity index (χ0) is 24.1. The fraction of sp³-hybridized carbons (Fsp3) is 0.458. The number of piperidine rings is 1. The second kappa shape index (κ2) is 10.7. The van der Waals surface area contributed by atoms with E-state index < -0.39 is 21.3 Å². The lowest BCUT2D eigenvalue weighted by molar-refractivity contribution is -0.115. The van der Waals surface area contributed by atoms with Gasteiger partial charge in [-0.3, -0.25) is 10.1 Å². The molecule has 1 amide bonds. The van der Waals surface area contributed by atoms with Crippen molar-refractivity contribution < 1.29 is 27.8 Å². The quantitative estimate of drug-likeness (QED) is 0.394. The monoisotopic (exact) mass is 489 g/mol. The Labute approximate surface area is 199 Å².